The standard InChI is InChI=1S/C20H14F4O4/c1-9(2)19(25)27-17-13(21)5-11(6-14(17)22)12-7-15(23)18(16(24)8-12)28-20(26)10(3)4/h5-8H,1,3H2,2,4H3. The lowest BCUT2D eigenvalue weighted by Crippen LogP contribution is -2.11. The molecule has 2 aromatic rings. The number of carbonyl (C=O) groups excluding carboxylic acids is 2. The molecule has 8 heteroatoms. The first-order valence-electron chi connectivity index (χ1n) is 7.75. The van der Waals surface area contributed by atoms with Gasteiger partial charge in [0, 0.05) is 11.1 Å². The first-order valence-corrected chi connectivity index (χ1v) is 7.75. The van der Waals surface area contributed by atoms with Gasteiger partial charge in [-0.05, 0) is 49.2 Å². The van der Waals surface area contributed by atoms with Gasteiger partial charge in [-0.2, -0.15) is 0 Å². The minimum Gasteiger partial charge on any atom is -0.417 e. The molecule has 0 unspecified atom stereocenters. The van der Waals surface area contributed by atoms with E-state index in [1.165, 1.54) is 13.8 Å². The summed E-state index contributed by atoms with van der Waals surface area (Å²) in [7, 11) is 0. The van der Waals surface area contributed by atoms with Crippen LogP contribution in [0.4, 0.5) is 17.6 Å². The van der Waals surface area contributed by atoms with E-state index < -0.39 is 46.7 Å². The third kappa shape index (κ3) is 4.46. The highest BCUT2D eigenvalue weighted by atomic mass is 19.1. The number of carbonyl (C=O) groups is 2. The molecule has 0 atom stereocenters. The highest BCUT2D eigenvalue weighted by Crippen LogP contribution is 2.33. The summed E-state index contributed by atoms with van der Waals surface area (Å²) >= 11 is 0. The van der Waals surface area contributed by atoms with Crippen molar-refractivity contribution in [2.45, 2.75) is 13.8 Å². The maximum Gasteiger partial charge on any atom is 0.338 e. The highest BCUT2D eigenvalue weighted by Gasteiger charge is 2.21. The lowest BCUT2D eigenvalue weighted by atomic mass is 10.0. The number of rotatable bonds is 5. The van der Waals surface area contributed by atoms with Gasteiger partial charge in [-0.3, -0.25) is 0 Å². The molecule has 0 radical (unpaired) electrons. The van der Waals surface area contributed by atoms with Gasteiger partial charge in [0.1, 0.15) is 0 Å². The van der Waals surface area contributed by atoms with Gasteiger partial charge in [0.2, 0.25) is 11.5 Å². The Balaban J connectivity index is 2.43. The number of esters is 2. The second-order valence-electron chi connectivity index (χ2n) is 5.88. The summed E-state index contributed by atoms with van der Waals surface area (Å²) in [6.45, 7) is 9.16. The molecule has 2 rings (SSSR count). The first-order chi connectivity index (χ1) is 13.0. The van der Waals surface area contributed by atoms with Gasteiger partial charge in [-0.15, -0.1) is 0 Å². The Morgan fingerprint density at radius 1 is 0.679 bits per heavy atom. The monoisotopic (exact) mass is 394 g/mol. The van der Waals surface area contributed by atoms with Crippen molar-refractivity contribution in [3.63, 3.8) is 0 Å². The van der Waals surface area contributed by atoms with Crippen LogP contribution in [0.15, 0.2) is 48.6 Å². The van der Waals surface area contributed by atoms with Crippen molar-refractivity contribution in [2.75, 3.05) is 0 Å². The van der Waals surface area contributed by atoms with E-state index in [0.717, 1.165) is 24.3 Å². The Bertz CT molecular complexity index is 884. The zero-order valence-electron chi connectivity index (χ0n) is 14.9. The fraction of sp³-hybridized carbons (Fsp3) is 0.100. The van der Waals surface area contributed by atoms with E-state index in [1.54, 1.807) is 0 Å². The Labute approximate surface area is 157 Å². The van der Waals surface area contributed by atoms with E-state index in [4.69, 9.17) is 0 Å². The average molecular weight is 394 g/mol. The molecule has 2 aromatic carbocycles. The van der Waals surface area contributed by atoms with Crippen molar-refractivity contribution < 1.29 is 36.6 Å². The van der Waals surface area contributed by atoms with Crippen molar-refractivity contribution >= 4 is 11.9 Å². The highest BCUT2D eigenvalue weighted by molar-refractivity contribution is 5.89. The first kappa shape index (κ1) is 20.9. The summed E-state index contributed by atoms with van der Waals surface area (Å²) in [5, 5.41) is 0. The van der Waals surface area contributed by atoms with Crippen LogP contribution in [0.25, 0.3) is 11.1 Å². The largest absolute Gasteiger partial charge is 0.417 e. The molecule has 0 aliphatic rings. The van der Waals surface area contributed by atoms with Gasteiger partial charge >= 0.3 is 11.9 Å². The second-order valence-corrected chi connectivity index (χ2v) is 5.88. The van der Waals surface area contributed by atoms with Crippen LogP contribution >= 0.6 is 0 Å². The lowest BCUT2D eigenvalue weighted by molar-refractivity contribution is -0.131. The minimum atomic E-state index is -1.26. The molecule has 28 heavy (non-hydrogen) atoms. The molecule has 0 aromatic heterocycles. The minimum absolute atomic E-state index is 0.0769. The van der Waals surface area contributed by atoms with E-state index in [0.29, 0.717) is 0 Å². The molecule has 146 valence electrons. The van der Waals surface area contributed by atoms with Gasteiger partial charge in [-0.25, -0.2) is 27.2 Å². The van der Waals surface area contributed by atoms with Crippen LogP contribution in [0, 0.1) is 23.3 Å². The summed E-state index contributed by atoms with van der Waals surface area (Å²) < 4.78 is 65.7. The van der Waals surface area contributed by atoms with E-state index in [2.05, 4.69) is 22.6 Å². The summed E-state index contributed by atoms with van der Waals surface area (Å²) in [6, 6.07) is 2.94. The zero-order chi connectivity index (χ0) is 21.2. The number of benzene rings is 2. The maximum absolute atomic E-state index is 14.1. The quantitative estimate of drug-likeness (QED) is 0.314. The fourth-order valence-electron chi connectivity index (χ4n) is 2.01. The van der Waals surface area contributed by atoms with Crippen LogP contribution in [-0.2, 0) is 9.59 Å². The predicted molar refractivity (Wildman–Crippen MR) is 92.6 cm³/mol. The van der Waals surface area contributed by atoms with E-state index in [1.807, 2.05) is 0 Å². The molecule has 0 saturated heterocycles. The predicted octanol–water partition coefficient (Wildman–Crippen LogP) is 4.87. The number of hydrogen-bond donors (Lipinski definition) is 0. The zero-order valence-corrected chi connectivity index (χ0v) is 14.9. The Morgan fingerprint density at radius 2 is 0.929 bits per heavy atom. The summed E-state index contributed by atoms with van der Waals surface area (Å²) in [5.74, 6) is -9.05. The van der Waals surface area contributed by atoms with Gasteiger partial charge < -0.3 is 9.47 Å². The number of halogens is 4. The van der Waals surface area contributed by atoms with Crippen LogP contribution in [0.2, 0.25) is 0 Å². The number of hydrogen-bond acceptors (Lipinski definition) is 4. The molecule has 0 saturated carbocycles. The Morgan fingerprint density at radius 3 is 1.14 bits per heavy atom. The normalized spacial score (nSPS) is 10.4. The van der Waals surface area contributed by atoms with Crippen LogP contribution in [0.5, 0.6) is 11.5 Å². The fourth-order valence-corrected chi connectivity index (χ4v) is 2.01. The van der Waals surface area contributed by atoms with Crippen molar-refractivity contribution in [1.29, 1.82) is 0 Å². The van der Waals surface area contributed by atoms with E-state index >= 15 is 0 Å². The van der Waals surface area contributed by atoms with Crippen LogP contribution in [-0.4, -0.2) is 11.9 Å². The molecular formula is C20H14F4O4. The van der Waals surface area contributed by atoms with E-state index in [-0.39, 0.29) is 22.3 Å². The van der Waals surface area contributed by atoms with Crippen LogP contribution < -0.4 is 9.47 Å². The van der Waals surface area contributed by atoms with Gasteiger partial charge in [-0.1, -0.05) is 13.2 Å². The summed E-state index contributed by atoms with van der Waals surface area (Å²) in [4.78, 5) is 22.9. The van der Waals surface area contributed by atoms with Crippen molar-refractivity contribution in [2.24, 2.45) is 0 Å². The molecule has 0 heterocycles. The molecule has 0 aliphatic heterocycles. The topological polar surface area (TPSA) is 52.6 Å². The number of ether oxygens (including phenoxy) is 2. The van der Waals surface area contributed by atoms with Gasteiger partial charge in [0.05, 0.1) is 0 Å². The third-order valence-corrected chi connectivity index (χ3v) is 3.42. The average Bonchev–Trinajstić information content (AvgIpc) is 2.60. The molecule has 0 aliphatic carbocycles. The van der Waals surface area contributed by atoms with E-state index in [9.17, 15) is 27.2 Å². The molecular weight excluding hydrogens is 380 g/mol. The molecule has 4 nitrogen and oxygen atoms in total. The molecule has 0 amide bonds. The van der Waals surface area contributed by atoms with Gasteiger partial charge in [0.15, 0.2) is 23.3 Å². The van der Waals surface area contributed by atoms with Crippen molar-refractivity contribution in [3.05, 3.63) is 71.8 Å². The van der Waals surface area contributed by atoms with Crippen LogP contribution in [0.3, 0.4) is 0 Å². The second kappa shape index (κ2) is 8.08. The summed E-state index contributed by atoms with van der Waals surface area (Å²) in [6.07, 6.45) is 0. The van der Waals surface area contributed by atoms with Crippen LogP contribution in [0.1, 0.15) is 13.8 Å². The molecule has 0 fully saturated rings. The molecule has 0 spiro atoms. The Kier molecular flexibility index (Phi) is 6.03. The maximum atomic E-state index is 14.1. The van der Waals surface area contributed by atoms with Crippen molar-refractivity contribution in [1.82, 2.24) is 0 Å². The molecule has 0 N–H and O–H groups in total. The molecule has 0 bridgehead atoms. The summed E-state index contributed by atoms with van der Waals surface area (Å²) in [5.41, 5.74) is -0.625. The lowest BCUT2D eigenvalue weighted by Gasteiger charge is -2.11. The smallest absolute Gasteiger partial charge is 0.338 e. The van der Waals surface area contributed by atoms with Crippen molar-refractivity contribution in [3.8, 4) is 22.6 Å². The van der Waals surface area contributed by atoms with Gasteiger partial charge in [0.25, 0.3) is 0 Å². The third-order valence-electron chi connectivity index (χ3n) is 3.42. The Hall–Kier alpha value is -3.42. The SMILES string of the molecule is C=C(C)C(=O)Oc1c(F)cc(-c2cc(F)c(OC(=O)C(=C)C)c(F)c2)cc1F.